The maximum Gasteiger partial charge on any atom is 0.0690 e. The van der Waals surface area contributed by atoms with Crippen LogP contribution >= 0.6 is 15.9 Å². The number of nitrogens with zero attached hydrogens (tertiary/aromatic N) is 1. The standard InChI is InChI=1S/C12H14BrN/c1-3-12(2,9-14)8-10-6-4-5-7-11(10)13/h4-7H,3,8H2,1-2H3. The largest absolute Gasteiger partial charge is 0.198 e. The second-order valence-electron chi connectivity index (χ2n) is 3.79. The molecule has 0 aliphatic heterocycles. The molecule has 2 heteroatoms. The smallest absolute Gasteiger partial charge is 0.0690 e. The van der Waals surface area contributed by atoms with E-state index in [1.54, 1.807) is 0 Å². The van der Waals surface area contributed by atoms with E-state index in [1.165, 1.54) is 5.56 Å². The summed E-state index contributed by atoms with van der Waals surface area (Å²) < 4.78 is 1.09. The third-order valence-corrected chi connectivity index (χ3v) is 3.36. The van der Waals surface area contributed by atoms with E-state index in [1.807, 2.05) is 25.1 Å². The molecule has 0 aromatic heterocycles. The number of halogens is 1. The van der Waals surface area contributed by atoms with Gasteiger partial charge in [0.15, 0.2) is 0 Å². The van der Waals surface area contributed by atoms with E-state index in [0.29, 0.717) is 0 Å². The zero-order valence-corrected chi connectivity index (χ0v) is 10.1. The van der Waals surface area contributed by atoms with Crippen LogP contribution in [0.4, 0.5) is 0 Å². The van der Waals surface area contributed by atoms with Gasteiger partial charge in [-0.3, -0.25) is 0 Å². The Kier molecular flexibility index (Phi) is 3.71. The van der Waals surface area contributed by atoms with Crippen molar-refractivity contribution >= 4 is 15.9 Å². The highest BCUT2D eigenvalue weighted by Crippen LogP contribution is 2.28. The molecule has 1 rings (SSSR count). The topological polar surface area (TPSA) is 23.8 Å². The quantitative estimate of drug-likeness (QED) is 0.799. The zero-order chi connectivity index (χ0) is 10.6. The first kappa shape index (κ1) is 11.3. The van der Waals surface area contributed by atoms with Crippen LogP contribution in [0.1, 0.15) is 25.8 Å². The van der Waals surface area contributed by atoms with Crippen LogP contribution in [0.3, 0.4) is 0 Å². The fourth-order valence-corrected chi connectivity index (χ4v) is 1.73. The first-order chi connectivity index (χ1) is 6.61. The third-order valence-electron chi connectivity index (χ3n) is 2.59. The molecular formula is C12H14BrN. The summed E-state index contributed by atoms with van der Waals surface area (Å²) in [6.07, 6.45) is 1.69. The lowest BCUT2D eigenvalue weighted by Crippen LogP contribution is -2.16. The molecule has 1 atom stereocenters. The van der Waals surface area contributed by atoms with E-state index >= 15 is 0 Å². The highest BCUT2D eigenvalue weighted by Gasteiger charge is 2.22. The molecule has 1 nitrogen and oxygen atoms in total. The summed E-state index contributed by atoms with van der Waals surface area (Å²) in [5.74, 6) is 0. The van der Waals surface area contributed by atoms with Gasteiger partial charge < -0.3 is 0 Å². The number of benzene rings is 1. The molecule has 0 fully saturated rings. The number of nitriles is 1. The van der Waals surface area contributed by atoms with Crippen molar-refractivity contribution in [2.24, 2.45) is 5.41 Å². The second kappa shape index (κ2) is 4.61. The van der Waals surface area contributed by atoms with Crippen LogP contribution in [-0.2, 0) is 6.42 Å². The lowest BCUT2D eigenvalue weighted by atomic mass is 9.83. The first-order valence-electron chi connectivity index (χ1n) is 4.76. The molecule has 1 aromatic rings. The van der Waals surface area contributed by atoms with Crippen LogP contribution < -0.4 is 0 Å². The Bertz CT molecular complexity index is 354. The molecule has 0 aliphatic rings. The highest BCUT2D eigenvalue weighted by atomic mass is 79.9. The lowest BCUT2D eigenvalue weighted by molar-refractivity contribution is 0.422. The van der Waals surface area contributed by atoms with Gasteiger partial charge in [-0.25, -0.2) is 0 Å². The molecule has 0 aliphatic carbocycles. The van der Waals surface area contributed by atoms with Crippen molar-refractivity contribution in [2.45, 2.75) is 26.7 Å². The Morgan fingerprint density at radius 3 is 2.57 bits per heavy atom. The van der Waals surface area contributed by atoms with Gasteiger partial charge in [0.05, 0.1) is 11.5 Å². The molecule has 0 spiro atoms. The van der Waals surface area contributed by atoms with Crippen molar-refractivity contribution < 1.29 is 0 Å². The van der Waals surface area contributed by atoms with E-state index in [2.05, 4.69) is 35.0 Å². The van der Waals surface area contributed by atoms with E-state index in [9.17, 15) is 0 Å². The van der Waals surface area contributed by atoms with Crippen LogP contribution in [-0.4, -0.2) is 0 Å². The Labute approximate surface area is 93.9 Å². The number of hydrogen-bond acceptors (Lipinski definition) is 1. The van der Waals surface area contributed by atoms with Crippen molar-refractivity contribution in [3.63, 3.8) is 0 Å². The summed E-state index contributed by atoms with van der Waals surface area (Å²) >= 11 is 3.50. The van der Waals surface area contributed by atoms with E-state index in [-0.39, 0.29) is 5.41 Å². The Morgan fingerprint density at radius 2 is 2.07 bits per heavy atom. The van der Waals surface area contributed by atoms with Gasteiger partial charge in [0.2, 0.25) is 0 Å². The predicted molar refractivity (Wildman–Crippen MR) is 61.9 cm³/mol. The lowest BCUT2D eigenvalue weighted by Gasteiger charge is -2.19. The van der Waals surface area contributed by atoms with Gasteiger partial charge in [-0.1, -0.05) is 41.1 Å². The van der Waals surface area contributed by atoms with E-state index < -0.39 is 0 Å². The molecule has 0 heterocycles. The number of rotatable bonds is 3. The van der Waals surface area contributed by atoms with Crippen LogP contribution in [0.2, 0.25) is 0 Å². The van der Waals surface area contributed by atoms with Gasteiger partial charge in [0, 0.05) is 4.47 Å². The van der Waals surface area contributed by atoms with Crippen LogP contribution in [0, 0.1) is 16.7 Å². The van der Waals surface area contributed by atoms with Crippen LogP contribution in [0.15, 0.2) is 28.7 Å². The van der Waals surface area contributed by atoms with Crippen LogP contribution in [0.5, 0.6) is 0 Å². The minimum Gasteiger partial charge on any atom is -0.198 e. The Morgan fingerprint density at radius 1 is 1.43 bits per heavy atom. The SMILES string of the molecule is CCC(C)(C#N)Cc1ccccc1Br. The maximum atomic E-state index is 9.07. The molecule has 0 amide bonds. The predicted octanol–water partition coefficient (Wildman–Crippen LogP) is 3.93. The molecule has 0 N–H and O–H groups in total. The van der Waals surface area contributed by atoms with Gasteiger partial charge >= 0.3 is 0 Å². The van der Waals surface area contributed by atoms with Gasteiger partial charge in [0.1, 0.15) is 0 Å². The number of hydrogen-bond donors (Lipinski definition) is 0. The highest BCUT2D eigenvalue weighted by molar-refractivity contribution is 9.10. The van der Waals surface area contributed by atoms with Gasteiger partial charge in [-0.05, 0) is 31.4 Å². The molecule has 0 saturated carbocycles. The van der Waals surface area contributed by atoms with Gasteiger partial charge in [-0.2, -0.15) is 5.26 Å². The molecule has 1 aromatic carbocycles. The van der Waals surface area contributed by atoms with E-state index in [4.69, 9.17) is 5.26 Å². The molecule has 0 saturated heterocycles. The summed E-state index contributed by atoms with van der Waals surface area (Å²) in [6, 6.07) is 10.5. The summed E-state index contributed by atoms with van der Waals surface area (Å²) in [6.45, 7) is 4.06. The van der Waals surface area contributed by atoms with Crippen molar-refractivity contribution in [2.75, 3.05) is 0 Å². The molecule has 1 unspecified atom stereocenters. The van der Waals surface area contributed by atoms with Crippen molar-refractivity contribution in [1.82, 2.24) is 0 Å². The zero-order valence-electron chi connectivity index (χ0n) is 8.55. The van der Waals surface area contributed by atoms with Gasteiger partial charge in [-0.15, -0.1) is 0 Å². The molecule has 14 heavy (non-hydrogen) atoms. The fraction of sp³-hybridized carbons (Fsp3) is 0.417. The Hall–Kier alpha value is -0.810. The molecule has 0 bridgehead atoms. The summed E-state index contributed by atoms with van der Waals surface area (Å²) in [5.41, 5.74) is 0.961. The van der Waals surface area contributed by atoms with Crippen molar-refractivity contribution in [1.29, 1.82) is 5.26 Å². The summed E-state index contributed by atoms with van der Waals surface area (Å²) in [4.78, 5) is 0. The minimum atomic E-state index is -0.246. The second-order valence-corrected chi connectivity index (χ2v) is 4.65. The van der Waals surface area contributed by atoms with Gasteiger partial charge in [0.25, 0.3) is 0 Å². The monoisotopic (exact) mass is 251 g/mol. The Balaban J connectivity index is 2.89. The average Bonchev–Trinajstić information content (AvgIpc) is 2.21. The normalized spacial score (nSPS) is 14.4. The third kappa shape index (κ3) is 2.59. The molecular weight excluding hydrogens is 238 g/mol. The fourth-order valence-electron chi connectivity index (χ4n) is 1.31. The average molecular weight is 252 g/mol. The van der Waals surface area contributed by atoms with Crippen LogP contribution in [0.25, 0.3) is 0 Å². The van der Waals surface area contributed by atoms with Crippen molar-refractivity contribution in [3.8, 4) is 6.07 Å². The van der Waals surface area contributed by atoms with Crippen molar-refractivity contribution in [3.05, 3.63) is 34.3 Å². The minimum absolute atomic E-state index is 0.246. The first-order valence-corrected chi connectivity index (χ1v) is 5.55. The van der Waals surface area contributed by atoms with E-state index in [0.717, 1.165) is 17.3 Å². The maximum absolute atomic E-state index is 9.07. The molecule has 0 radical (unpaired) electrons. The summed E-state index contributed by atoms with van der Waals surface area (Å²) in [5, 5.41) is 9.07. The molecule has 74 valence electrons. The summed E-state index contributed by atoms with van der Waals surface area (Å²) in [7, 11) is 0.